The maximum Gasteiger partial charge on any atom is 0.247 e. The first-order valence-corrected chi connectivity index (χ1v) is 6.88. The van der Waals surface area contributed by atoms with Gasteiger partial charge in [0.15, 0.2) is 0 Å². The summed E-state index contributed by atoms with van der Waals surface area (Å²) < 4.78 is 12.8. The smallest absolute Gasteiger partial charge is 0.247 e. The fourth-order valence-electron chi connectivity index (χ4n) is 1.51. The van der Waals surface area contributed by atoms with Gasteiger partial charge in [-0.1, -0.05) is 0 Å². The first kappa shape index (κ1) is 14.0. The third kappa shape index (κ3) is 3.52. The summed E-state index contributed by atoms with van der Waals surface area (Å²) in [6.45, 7) is 0. The standard InChI is InChI=1S/C12H12FN3OS2/c13-8-3-1-7(2-4-8)12-15-9(6-19-12)5-10(18)11(17)16-14/h1-4,6,10,18H,5,14H2,(H,16,17). The van der Waals surface area contributed by atoms with Crippen LogP contribution in [0.5, 0.6) is 0 Å². The highest BCUT2D eigenvalue weighted by Crippen LogP contribution is 2.24. The van der Waals surface area contributed by atoms with Crippen LogP contribution in [-0.2, 0) is 11.2 Å². The monoisotopic (exact) mass is 297 g/mol. The molecule has 4 nitrogen and oxygen atoms in total. The van der Waals surface area contributed by atoms with Crippen molar-refractivity contribution in [3.63, 3.8) is 0 Å². The molecule has 19 heavy (non-hydrogen) atoms. The van der Waals surface area contributed by atoms with Crippen molar-refractivity contribution in [1.82, 2.24) is 10.4 Å². The zero-order chi connectivity index (χ0) is 13.8. The summed E-state index contributed by atoms with van der Waals surface area (Å²) in [5, 5.41) is 2.10. The summed E-state index contributed by atoms with van der Waals surface area (Å²) in [7, 11) is 0. The molecule has 3 N–H and O–H groups in total. The molecule has 0 saturated heterocycles. The SMILES string of the molecule is NNC(=O)C(S)Cc1csc(-c2ccc(F)cc2)n1. The van der Waals surface area contributed by atoms with Crippen molar-refractivity contribution in [2.75, 3.05) is 0 Å². The Bertz CT molecular complexity index is 571. The number of nitrogens with zero attached hydrogens (tertiary/aromatic N) is 1. The van der Waals surface area contributed by atoms with Crippen molar-refractivity contribution >= 4 is 29.9 Å². The van der Waals surface area contributed by atoms with E-state index in [0.717, 1.165) is 16.3 Å². The Hall–Kier alpha value is -1.44. The van der Waals surface area contributed by atoms with Gasteiger partial charge in [0.05, 0.1) is 10.9 Å². The molecule has 0 radical (unpaired) electrons. The van der Waals surface area contributed by atoms with Gasteiger partial charge in [-0.2, -0.15) is 12.6 Å². The van der Waals surface area contributed by atoms with Gasteiger partial charge in [-0.3, -0.25) is 10.2 Å². The lowest BCUT2D eigenvalue weighted by Gasteiger charge is -2.05. The van der Waals surface area contributed by atoms with Crippen LogP contribution in [0, 0.1) is 5.82 Å². The van der Waals surface area contributed by atoms with Crippen LogP contribution in [0.3, 0.4) is 0 Å². The number of thiol groups is 1. The molecular weight excluding hydrogens is 285 g/mol. The molecule has 0 aliphatic carbocycles. The van der Waals surface area contributed by atoms with Crippen LogP contribution in [0.2, 0.25) is 0 Å². The Morgan fingerprint density at radius 1 is 1.47 bits per heavy atom. The molecule has 100 valence electrons. The number of carbonyl (C=O) groups is 1. The molecule has 2 rings (SSSR count). The van der Waals surface area contributed by atoms with E-state index in [4.69, 9.17) is 5.84 Å². The van der Waals surface area contributed by atoms with E-state index in [-0.39, 0.29) is 11.7 Å². The van der Waals surface area contributed by atoms with Gasteiger partial charge in [-0.15, -0.1) is 11.3 Å². The zero-order valence-corrected chi connectivity index (χ0v) is 11.5. The molecule has 1 atom stereocenters. The van der Waals surface area contributed by atoms with E-state index in [1.165, 1.54) is 23.5 Å². The van der Waals surface area contributed by atoms with Crippen LogP contribution in [-0.4, -0.2) is 16.1 Å². The quantitative estimate of drug-likeness (QED) is 0.349. The molecule has 1 unspecified atom stereocenters. The second-order valence-electron chi connectivity index (χ2n) is 3.88. The second-order valence-corrected chi connectivity index (χ2v) is 5.36. The van der Waals surface area contributed by atoms with Crippen molar-refractivity contribution in [3.05, 3.63) is 41.2 Å². The number of aromatic nitrogens is 1. The van der Waals surface area contributed by atoms with Gasteiger partial charge in [-0.25, -0.2) is 15.2 Å². The number of hydrogen-bond acceptors (Lipinski definition) is 5. The highest BCUT2D eigenvalue weighted by atomic mass is 32.1. The van der Waals surface area contributed by atoms with Crippen LogP contribution >= 0.6 is 24.0 Å². The van der Waals surface area contributed by atoms with E-state index in [1.807, 2.05) is 10.8 Å². The number of rotatable bonds is 4. The Morgan fingerprint density at radius 3 is 2.79 bits per heavy atom. The highest BCUT2D eigenvalue weighted by molar-refractivity contribution is 7.81. The third-order valence-corrected chi connectivity index (χ3v) is 3.85. The molecule has 7 heteroatoms. The number of amides is 1. The van der Waals surface area contributed by atoms with E-state index in [0.29, 0.717) is 6.42 Å². The van der Waals surface area contributed by atoms with Crippen molar-refractivity contribution in [2.45, 2.75) is 11.7 Å². The Labute approximate surface area is 119 Å². The molecule has 0 saturated carbocycles. The van der Waals surface area contributed by atoms with Crippen molar-refractivity contribution < 1.29 is 9.18 Å². The number of hydrogen-bond donors (Lipinski definition) is 3. The van der Waals surface area contributed by atoms with E-state index < -0.39 is 5.25 Å². The van der Waals surface area contributed by atoms with Gasteiger partial charge in [0.25, 0.3) is 0 Å². The largest absolute Gasteiger partial charge is 0.293 e. The average Bonchev–Trinajstić information content (AvgIpc) is 2.87. The normalized spacial score (nSPS) is 12.2. The molecule has 2 aromatic rings. The van der Waals surface area contributed by atoms with Crippen LogP contribution in [0.25, 0.3) is 10.6 Å². The predicted molar refractivity (Wildman–Crippen MR) is 76.3 cm³/mol. The molecule has 0 aliphatic rings. The summed E-state index contributed by atoms with van der Waals surface area (Å²) in [5.41, 5.74) is 3.65. The predicted octanol–water partition coefficient (Wildman–Crippen LogP) is 1.78. The summed E-state index contributed by atoms with van der Waals surface area (Å²) in [4.78, 5) is 15.6. The van der Waals surface area contributed by atoms with Crippen molar-refractivity contribution in [3.8, 4) is 10.6 Å². The van der Waals surface area contributed by atoms with Crippen LogP contribution < -0.4 is 11.3 Å². The number of nitrogens with two attached hydrogens (primary N) is 1. The lowest BCUT2D eigenvalue weighted by molar-refractivity contribution is -0.120. The van der Waals surface area contributed by atoms with E-state index in [9.17, 15) is 9.18 Å². The minimum absolute atomic E-state index is 0.282. The lowest BCUT2D eigenvalue weighted by atomic mass is 10.2. The van der Waals surface area contributed by atoms with Crippen molar-refractivity contribution in [1.29, 1.82) is 0 Å². The van der Waals surface area contributed by atoms with E-state index >= 15 is 0 Å². The van der Waals surface area contributed by atoms with Crippen molar-refractivity contribution in [2.24, 2.45) is 5.84 Å². The maximum absolute atomic E-state index is 12.8. The molecular formula is C12H12FN3OS2. The number of halogens is 1. The Kier molecular flexibility index (Phi) is 4.52. The number of thiazole rings is 1. The number of nitrogens with one attached hydrogen (secondary N) is 1. The van der Waals surface area contributed by atoms with Gasteiger partial charge in [0.2, 0.25) is 5.91 Å². The number of hydrazine groups is 1. The lowest BCUT2D eigenvalue weighted by Crippen LogP contribution is -2.37. The number of benzene rings is 1. The summed E-state index contributed by atoms with van der Waals surface area (Å²) in [6.07, 6.45) is 0.393. The zero-order valence-electron chi connectivity index (χ0n) is 9.84. The first-order valence-electron chi connectivity index (χ1n) is 5.49. The molecule has 0 aliphatic heterocycles. The average molecular weight is 297 g/mol. The van der Waals surface area contributed by atoms with Gasteiger partial charge < -0.3 is 0 Å². The molecule has 1 amide bonds. The van der Waals surface area contributed by atoms with Gasteiger partial charge in [-0.05, 0) is 24.3 Å². The van der Waals surface area contributed by atoms with E-state index in [2.05, 4.69) is 17.6 Å². The molecule has 0 bridgehead atoms. The third-order valence-electron chi connectivity index (χ3n) is 2.49. The van der Waals surface area contributed by atoms with Crippen LogP contribution in [0.4, 0.5) is 4.39 Å². The maximum atomic E-state index is 12.8. The van der Waals surface area contributed by atoms with E-state index in [1.54, 1.807) is 12.1 Å². The molecule has 0 spiro atoms. The minimum Gasteiger partial charge on any atom is -0.293 e. The summed E-state index contributed by atoms with van der Waals surface area (Å²) in [6, 6.07) is 6.12. The number of carbonyl (C=O) groups excluding carboxylic acids is 1. The summed E-state index contributed by atoms with van der Waals surface area (Å²) >= 11 is 5.59. The highest BCUT2D eigenvalue weighted by Gasteiger charge is 2.15. The Morgan fingerprint density at radius 2 is 2.16 bits per heavy atom. The molecule has 1 heterocycles. The van der Waals surface area contributed by atoms with Gasteiger partial charge >= 0.3 is 0 Å². The molecule has 0 fully saturated rings. The summed E-state index contributed by atoms with van der Waals surface area (Å²) in [5.74, 6) is 4.41. The second kappa shape index (κ2) is 6.14. The van der Waals surface area contributed by atoms with Gasteiger partial charge in [0.1, 0.15) is 10.8 Å². The fraction of sp³-hybridized carbons (Fsp3) is 0.167. The minimum atomic E-state index is -0.534. The van der Waals surface area contributed by atoms with Crippen LogP contribution in [0.1, 0.15) is 5.69 Å². The first-order chi connectivity index (χ1) is 9.10. The topological polar surface area (TPSA) is 68.0 Å². The molecule has 1 aromatic heterocycles. The fourth-order valence-corrected chi connectivity index (χ4v) is 2.61. The Balaban J connectivity index is 2.11. The molecule has 1 aromatic carbocycles. The van der Waals surface area contributed by atoms with Crippen LogP contribution in [0.15, 0.2) is 29.6 Å². The van der Waals surface area contributed by atoms with Gasteiger partial charge in [0, 0.05) is 17.4 Å².